The standard InChI is InChI=1S/C14H15ClO4/c1-3-19-13(17)14(15)8-11(14)12(16)9-4-6-10(18-2)7-5-9/h4-7,11H,3,8H2,1-2H3/t11-,14-/m0/s1. The zero-order chi connectivity index (χ0) is 14.0. The monoisotopic (exact) mass is 282 g/mol. The average Bonchev–Trinajstić information content (AvgIpc) is 3.12. The zero-order valence-corrected chi connectivity index (χ0v) is 11.6. The van der Waals surface area contributed by atoms with Crippen LogP contribution in [0.2, 0.25) is 0 Å². The first-order valence-electron chi connectivity index (χ1n) is 6.07. The van der Waals surface area contributed by atoms with Crippen LogP contribution in [0, 0.1) is 5.92 Å². The highest BCUT2D eigenvalue weighted by Crippen LogP contribution is 2.52. The number of carbonyl (C=O) groups is 2. The Morgan fingerprint density at radius 3 is 2.53 bits per heavy atom. The van der Waals surface area contributed by atoms with Crippen molar-refractivity contribution in [3.63, 3.8) is 0 Å². The predicted octanol–water partition coefficient (Wildman–Crippen LogP) is 2.44. The largest absolute Gasteiger partial charge is 0.497 e. The molecule has 0 aromatic heterocycles. The van der Waals surface area contributed by atoms with E-state index in [9.17, 15) is 9.59 Å². The van der Waals surface area contributed by atoms with Gasteiger partial charge in [-0.2, -0.15) is 0 Å². The smallest absolute Gasteiger partial charge is 0.327 e. The number of Topliss-reactive ketones (excluding diaryl/α,β-unsaturated/α-hetero) is 1. The molecule has 102 valence electrons. The molecule has 1 aromatic rings. The van der Waals surface area contributed by atoms with E-state index in [0.29, 0.717) is 17.7 Å². The van der Waals surface area contributed by atoms with E-state index >= 15 is 0 Å². The number of ketones is 1. The minimum Gasteiger partial charge on any atom is -0.497 e. The average molecular weight is 283 g/mol. The molecule has 0 bridgehead atoms. The van der Waals surface area contributed by atoms with Crippen LogP contribution in [0.5, 0.6) is 5.75 Å². The van der Waals surface area contributed by atoms with Gasteiger partial charge in [-0.25, -0.2) is 0 Å². The molecule has 0 amide bonds. The zero-order valence-electron chi connectivity index (χ0n) is 10.8. The molecule has 0 unspecified atom stereocenters. The van der Waals surface area contributed by atoms with Crippen molar-refractivity contribution in [2.45, 2.75) is 18.2 Å². The Kier molecular flexibility index (Phi) is 3.80. The summed E-state index contributed by atoms with van der Waals surface area (Å²) in [6.07, 6.45) is 0.332. The van der Waals surface area contributed by atoms with Crippen molar-refractivity contribution >= 4 is 23.4 Å². The summed E-state index contributed by atoms with van der Waals surface area (Å²) in [5.41, 5.74) is 0.526. The number of esters is 1. The van der Waals surface area contributed by atoms with Gasteiger partial charge in [0.25, 0.3) is 0 Å². The molecule has 1 aromatic carbocycles. The second-order valence-electron chi connectivity index (χ2n) is 4.43. The number of halogens is 1. The molecule has 0 N–H and O–H groups in total. The van der Waals surface area contributed by atoms with Crippen LogP contribution in [0.25, 0.3) is 0 Å². The second kappa shape index (κ2) is 5.21. The minimum absolute atomic E-state index is 0.134. The summed E-state index contributed by atoms with van der Waals surface area (Å²) in [7, 11) is 1.56. The van der Waals surface area contributed by atoms with Crippen LogP contribution in [-0.4, -0.2) is 30.3 Å². The van der Waals surface area contributed by atoms with Gasteiger partial charge >= 0.3 is 5.97 Å². The van der Waals surface area contributed by atoms with Crippen LogP contribution >= 0.6 is 11.6 Å². The Morgan fingerprint density at radius 2 is 2.00 bits per heavy atom. The molecule has 0 heterocycles. The van der Waals surface area contributed by atoms with E-state index in [4.69, 9.17) is 21.1 Å². The van der Waals surface area contributed by atoms with Gasteiger partial charge in [0.05, 0.1) is 19.6 Å². The van der Waals surface area contributed by atoms with Crippen molar-refractivity contribution in [2.24, 2.45) is 5.92 Å². The van der Waals surface area contributed by atoms with Crippen LogP contribution in [0.15, 0.2) is 24.3 Å². The van der Waals surface area contributed by atoms with Gasteiger partial charge in [0.15, 0.2) is 10.7 Å². The quantitative estimate of drug-likeness (QED) is 0.473. The third-order valence-corrected chi connectivity index (χ3v) is 3.77. The molecule has 4 nitrogen and oxygen atoms in total. The summed E-state index contributed by atoms with van der Waals surface area (Å²) in [6, 6.07) is 6.75. The molecular formula is C14H15ClO4. The number of hydrogen-bond acceptors (Lipinski definition) is 4. The Balaban J connectivity index is 2.07. The maximum Gasteiger partial charge on any atom is 0.327 e. The molecule has 1 fully saturated rings. The Hall–Kier alpha value is -1.55. The van der Waals surface area contributed by atoms with Crippen molar-refractivity contribution in [3.05, 3.63) is 29.8 Å². The lowest BCUT2D eigenvalue weighted by molar-refractivity contribution is -0.143. The summed E-state index contributed by atoms with van der Waals surface area (Å²) in [6.45, 7) is 1.97. The molecule has 0 aliphatic heterocycles. The fourth-order valence-corrected chi connectivity index (χ4v) is 2.28. The normalized spacial score (nSPS) is 24.7. The Morgan fingerprint density at radius 1 is 1.37 bits per heavy atom. The number of alkyl halides is 1. The van der Waals surface area contributed by atoms with Gasteiger partial charge < -0.3 is 9.47 Å². The summed E-state index contributed by atoms with van der Waals surface area (Å²) < 4.78 is 9.90. The molecule has 1 aliphatic carbocycles. The molecule has 5 heteroatoms. The van der Waals surface area contributed by atoms with E-state index in [1.165, 1.54) is 0 Å². The van der Waals surface area contributed by atoms with Gasteiger partial charge in [-0.1, -0.05) is 0 Å². The van der Waals surface area contributed by atoms with E-state index in [0.717, 1.165) is 0 Å². The number of methoxy groups -OCH3 is 1. The van der Waals surface area contributed by atoms with E-state index in [2.05, 4.69) is 0 Å². The number of rotatable bonds is 5. The van der Waals surface area contributed by atoms with Gasteiger partial charge in [0, 0.05) is 5.56 Å². The lowest BCUT2D eigenvalue weighted by Gasteiger charge is -2.08. The lowest BCUT2D eigenvalue weighted by atomic mass is 10.1. The predicted molar refractivity (Wildman–Crippen MR) is 70.6 cm³/mol. The summed E-state index contributed by atoms with van der Waals surface area (Å²) in [4.78, 5) is 22.7. The summed E-state index contributed by atoms with van der Waals surface area (Å²) in [5.74, 6) is -0.467. The molecule has 0 spiro atoms. The van der Waals surface area contributed by atoms with E-state index < -0.39 is 16.8 Å². The van der Waals surface area contributed by atoms with Crippen molar-refractivity contribution in [1.29, 1.82) is 0 Å². The lowest BCUT2D eigenvalue weighted by Crippen LogP contribution is -2.24. The Labute approximate surface area is 116 Å². The first-order valence-corrected chi connectivity index (χ1v) is 6.45. The maximum atomic E-state index is 12.2. The number of benzene rings is 1. The van der Waals surface area contributed by atoms with Crippen molar-refractivity contribution in [3.8, 4) is 5.75 Å². The SMILES string of the molecule is CCOC(=O)[C@]1(Cl)C[C@H]1C(=O)c1ccc(OC)cc1. The number of carbonyl (C=O) groups excluding carboxylic acids is 2. The van der Waals surface area contributed by atoms with E-state index in [1.807, 2.05) is 0 Å². The maximum absolute atomic E-state index is 12.2. The van der Waals surface area contributed by atoms with Crippen LogP contribution in [-0.2, 0) is 9.53 Å². The molecule has 1 saturated carbocycles. The van der Waals surface area contributed by atoms with Crippen molar-refractivity contribution in [2.75, 3.05) is 13.7 Å². The van der Waals surface area contributed by atoms with Gasteiger partial charge in [0.2, 0.25) is 0 Å². The summed E-state index contributed by atoms with van der Waals surface area (Å²) >= 11 is 6.12. The Bertz CT molecular complexity index is 497. The molecule has 2 rings (SSSR count). The molecule has 19 heavy (non-hydrogen) atoms. The molecule has 2 atom stereocenters. The first kappa shape index (κ1) is 13.9. The van der Waals surface area contributed by atoms with E-state index in [-0.39, 0.29) is 12.4 Å². The second-order valence-corrected chi connectivity index (χ2v) is 5.11. The van der Waals surface area contributed by atoms with E-state index in [1.54, 1.807) is 38.3 Å². The van der Waals surface area contributed by atoms with Crippen LogP contribution in [0.4, 0.5) is 0 Å². The topological polar surface area (TPSA) is 52.6 Å². The highest BCUT2D eigenvalue weighted by molar-refractivity contribution is 6.39. The third kappa shape index (κ3) is 2.59. The summed E-state index contributed by atoms with van der Waals surface area (Å²) in [5, 5.41) is 0. The van der Waals surface area contributed by atoms with Gasteiger partial charge in [-0.15, -0.1) is 11.6 Å². The highest BCUT2D eigenvalue weighted by atomic mass is 35.5. The fraction of sp³-hybridized carbons (Fsp3) is 0.429. The van der Waals surface area contributed by atoms with Crippen molar-refractivity contribution < 1.29 is 19.1 Å². The molecule has 1 aliphatic rings. The minimum atomic E-state index is -1.17. The first-order chi connectivity index (χ1) is 9.02. The molecular weight excluding hydrogens is 268 g/mol. The third-order valence-electron chi connectivity index (χ3n) is 3.20. The van der Waals surface area contributed by atoms with Gasteiger partial charge in [-0.05, 0) is 37.6 Å². The van der Waals surface area contributed by atoms with Crippen LogP contribution in [0.3, 0.4) is 0 Å². The highest BCUT2D eigenvalue weighted by Gasteiger charge is 2.63. The van der Waals surface area contributed by atoms with Crippen LogP contribution < -0.4 is 4.74 Å². The van der Waals surface area contributed by atoms with Crippen molar-refractivity contribution in [1.82, 2.24) is 0 Å². The van der Waals surface area contributed by atoms with Crippen LogP contribution in [0.1, 0.15) is 23.7 Å². The fourth-order valence-electron chi connectivity index (χ4n) is 1.97. The molecule has 0 radical (unpaired) electrons. The van der Waals surface area contributed by atoms with Gasteiger partial charge in [-0.3, -0.25) is 9.59 Å². The van der Waals surface area contributed by atoms with Gasteiger partial charge in [0.1, 0.15) is 5.75 Å². The number of ether oxygens (including phenoxy) is 2. The number of hydrogen-bond donors (Lipinski definition) is 0. The molecule has 0 saturated heterocycles.